The molecular formula is C26H32N2O7. The second kappa shape index (κ2) is 11.0. The summed E-state index contributed by atoms with van der Waals surface area (Å²) in [4.78, 5) is 46.3. The molecule has 35 heavy (non-hydrogen) atoms. The fraction of sp³-hybridized carbons (Fsp3) is 0.500. The van der Waals surface area contributed by atoms with Gasteiger partial charge in [-0.15, -0.1) is 0 Å². The number of piperidine rings is 1. The first-order valence-electron chi connectivity index (χ1n) is 11.9. The second-order valence-electron chi connectivity index (χ2n) is 8.96. The Morgan fingerprint density at radius 1 is 1.09 bits per heavy atom. The summed E-state index contributed by atoms with van der Waals surface area (Å²) < 4.78 is 15.7. The van der Waals surface area contributed by atoms with Gasteiger partial charge in [-0.3, -0.25) is 19.2 Å². The monoisotopic (exact) mass is 484 g/mol. The quantitative estimate of drug-likeness (QED) is 0.399. The van der Waals surface area contributed by atoms with Crippen molar-refractivity contribution in [2.45, 2.75) is 37.1 Å². The van der Waals surface area contributed by atoms with Gasteiger partial charge in [0.2, 0.25) is 11.8 Å². The van der Waals surface area contributed by atoms with Crippen molar-refractivity contribution in [1.82, 2.24) is 9.96 Å². The van der Waals surface area contributed by atoms with Crippen molar-refractivity contribution in [3.63, 3.8) is 0 Å². The molecule has 9 heteroatoms. The molecule has 0 bridgehead atoms. The number of hydroxylamine groups is 2. The van der Waals surface area contributed by atoms with Crippen molar-refractivity contribution >= 4 is 17.8 Å². The fourth-order valence-electron chi connectivity index (χ4n) is 5.25. The van der Waals surface area contributed by atoms with Crippen molar-refractivity contribution < 1.29 is 33.1 Å². The molecule has 1 spiro atoms. The maximum Gasteiger partial charge on any atom is 0.311 e. The Hall–Kier alpha value is -3.17. The normalized spacial score (nSPS) is 20.3. The first-order chi connectivity index (χ1) is 17.0. The Bertz CT molecular complexity index is 1000. The molecule has 0 aliphatic carbocycles. The molecule has 0 N–H and O–H groups in total. The van der Waals surface area contributed by atoms with Crippen LogP contribution in [0.3, 0.4) is 0 Å². The third-order valence-electron chi connectivity index (χ3n) is 7.10. The Morgan fingerprint density at radius 2 is 1.83 bits per heavy atom. The summed E-state index contributed by atoms with van der Waals surface area (Å²) in [5.74, 6) is -0.783. The molecule has 0 saturated carbocycles. The van der Waals surface area contributed by atoms with E-state index in [0.29, 0.717) is 32.5 Å². The highest BCUT2D eigenvalue weighted by Gasteiger charge is 2.58. The summed E-state index contributed by atoms with van der Waals surface area (Å²) in [6.07, 6.45) is 2.75. The molecule has 0 radical (unpaired) electrons. The molecule has 3 heterocycles. The SMILES string of the molecule is COCCON1C(=O)C[C@H](C(=O)OC)C12CCN(C(=O)C[C@H](c1ccccc1)c1ccco1)CC2. The first-order valence-corrected chi connectivity index (χ1v) is 11.9. The molecule has 4 rings (SSSR count). The smallest absolute Gasteiger partial charge is 0.311 e. The van der Waals surface area contributed by atoms with Crippen molar-refractivity contribution in [3.8, 4) is 0 Å². The zero-order chi connectivity index (χ0) is 24.8. The van der Waals surface area contributed by atoms with Crippen molar-refractivity contribution in [2.75, 3.05) is 40.5 Å². The second-order valence-corrected chi connectivity index (χ2v) is 8.96. The summed E-state index contributed by atoms with van der Waals surface area (Å²) in [5.41, 5.74) is 0.170. The van der Waals surface area contributed by atoms with Gasteiger partial charge < -0.3 is 18.8 Å². The van der Waals surface area contributed by atoms with Gasteiger partial charge in [-0.25, -0.2) is 5.06 Å². The maximum atomic E-state index is 13.4. The molecule has 188 valence electrons. The predicted octanol–water partition coefficient (Wildman–Crippen LogP) is 2.76. The third-order valence-corrected chi connectivity index (χ3v) is 7.10. The fourth-order valence-corrected chi connectivity index (χ4v) is 5.25. The zero-order valence-corrected chi connectivity index (χ0v) is 20.2. The number of hydrogen-bond donors (Lipinski definition) is 0. The van der Waals surface area contributed by atoms with E-state index < -0.39 is 17.4 Å². The van der Waals surface area contributed by atoms with Gasteiger partial charge in [0, 0.05) is 33.0 Å². The lowest BCUT2D eigenvalue weighted by molar-refractivity contribution is -0.226. The number of amides is 2. The number of hydrogen-bond acceptors (Lipinski definition) is 7. The number of esters is 1. The standard InChI is InChI=1S/C26H32N2O7/c1-32-15-16-35-28-24(30)18-21(25(31)33-2)26(28)10-12-27(13-11-26)23(29)17-20(22-9-6-14-34-22)19-7-4-3-5-8-19/h3-9,14,20-21H,10-13,15-18H2,1-2H3/t20-,21-/m1/s1. The van der Waals surface area contributed by atoms with Gasteiger partial charge in [0.15, 0.2) is 0 Å². The van der Waals surface area contributed by atoms with Gasteiger partial charge >= 0.3 is 5.97 Å². The molecule has 2 saturated heterocycles. The van der Waals surface area contributed by atoms with Crippen LogP contribution in [0.4, 0.5) is 0 Å². The van der Waals surface area contributed by atoms with Crippen LogP contribution < -0.4 is 0 Å². The van der Waals surface area contributed by atoms with Crippen LogP contribution in [-0.4, -0.2) is 73.8 Å². The molecule has 1 aromatic heterocycles. The molecule has 2 amide bonds. The number of rotatable bonds is 9. The van der Waals surface area contributed by atoms with Crippen molar-refractivity contribution in [1.29, 1.82) is 0 Å². The van der Waals surface area contributed by atoms with Crippen LogP contribution >= 0.6 is 0 Å². The van der Waals surface area contributed by atoms with E-state index in [1.54, 1.807) is 18.3 Å². The minimum Gasteiger partial charge on any atom is -0.469 e. The summed E-state index contributed by atoms with van der Waals surface area (Å²) in [6, 6.07) is 13.5. The summed E-state index contributed by atoms with van der Waals surface area (Å²) in [6.45, 7) is 1.33. The number of carbonyl (C=O) groups excluding carboxylic acids is 3. The highest BCUT2D eigenvalue weighted by Crippen LogP contribution is 2.44. The number of likely N-dealkylation sites (tertiary alicyclic amines) is 1. The topological polar surface area (TPSA) is 98.5 Å². The first kappa shape index (κ1) is 24.9. The average molecular weight is 485 g/mol. The Kier molecular flexibility index (Phi) is 7.87. The number of methoxy groups -OCH3 is 2. The van der Waals surface area contributed by atoms with Gasteiger partial charge in [-0.2, -0.15) is 0 Å². The van der Waals surface area contributed by atoms with Gasteiger partial charge in [0.05, 0.1) is 44.0 Å². The van der Waals surface area contributed by atoms with Crippen LogP contribution in [0, 0.1) is 5.92 Å². The van der Waals surface area contributed by atoms with Crippen LogP contribution in [0.1, 0.15) is 42.9 Å². The van der Waals surface area contributed by atoms with Crippen LogP contribution in [0.2, 0.25) is 0 Å². The van der Waals surface area contributed by atoms with E-state index in [2.05, 4.69) is 0 Å². The highest BCUT2D eigenvalue weighted by molar-refractivity contribution is 5.88. The predicted molar refractivity (Wildman–Crippen MR) is 125 cm³/mol. The number of nitrogens with zero attached hydrogens (tertiary/aromatic N) is 2. The van der Waals surface area contributed by atoms with Gasteiger partial charge in [0.1, 0.15) is 5.76 Å². The lowest BCUT2D eigenvalue weighted by Crippen LogP contribution is -2.58. The number of furan rings is 1. The molecule has 2 atom stereocenters. The summed E-state index contributed by atoms with van der Waals surface area (Å²) in [7, 11) is 2.88. The van der Waals surface area contributed by atoms with Crippen LogP contribution in [0.5, 0.6) is 0 Å². The molecule has 2 aliphatic heterocycles. The van der Waals surface area contributed by atoms with Crippen molar-refractivity contribution in [3.05, 3.63) is 60.1 Å². The minimum atomic E-state index is -0.839. The van der Waals surface area contributed by atoms with E-state index in [1.165, 1.54) is 12.2 Å². The lowest BCUT2D eigenvalue weighted by atomic mass is 9.77. The average Bonchev–Trinajstić information content (AvgIpc) is 3.51. The van der Waals surface area contributed by atoms with Crippen LogP contribution in [0.25, 0.3) is 0 Å². The van der Waals surface area contributed by atoms with E-state index in [9.17, 15) is 14.4 Å². The van der Waals surface area contributed by atoms with E-state index in [1.807, 2.05) is 42.5 Å². The minimum absolute atomic E-state index is 0.00380. The molecule has 2 aliphatic rings. The van der Waals surface area contributed by atoms with Gasteiger partial charge in [0.25, 0.3) is 0 Å². The molecule has 2 fully saturated rings. The van der Waals surface area contributed by atoms with E-state index >= 15 is 0 Å². The van der Waals surface area contributed by atoms with Crippen LogP contribution in [-0.2, 0) is 28.7 Å². The van der Waals surface area contributed by atoms with E-state index in [-0.39, 0.29) is 37.2 Å². The molecule has 9 nitrogen and oxygen atoms in total. The van der Waals surface area contributed by atoms with Gasteiger partial charge in [-0.1, -0.05) is 30.3 Å². The Labute approximate surface area is 204 Å². The van der Waals surface area contributed by atoms with Crippen molar-refractivity contribution in [2.24, 2.45) is 5.92 Å². The van der Waals surface area contributed by atoms with Gasteiger partial charge in [-0.05, 0) is 30.5 Å². The lowest BCUT2D eigenvalue weighted by Gasteiger charge is -2.45. The number of carbonyl (C=O) groups is 3. The maximum absolute atomic E-state index is 13.4. The van der Waals surface area contributed by atoms with E-state index in [0.717, 1.165) is 11.3 Å². The number of benzene rings is 1. The van der Waals surface area contributed by atoms with E-state index in [4.69, 9.17) is 18.7 Å². The third kappa shape index (κ3) is 5.11. The number of ether oxygens (including phenoxy) is 2. The molecule has 1 aromatic carbocycles. The molecule has 2 aromatic rings. The highest BCUT2D eigenvalue weighted by atomic mass is 16.7. The van der Waals surface area contributed by atoms with Crippen LogP contribution in [0.15, 0.2) is 53.1 Å². The molecular weight excluding hydrogens is 452 g/mol. The molecule has 0 unspecified atom stereocenters. The largest absolute Gasteiger partial charge is 0.469 e. The Balaban J connectivity index is 1.48. The summed E-state index contributed by atoms with van der Waals surface area (Å²) in [5, 5.41) is 1.35. The Morgan fingerprint density at radius 3 is 2.46 bits per heavy atom. The summed E-state index contributed by atoms with van der Waals surface area (Å²) >= 11 is 0. The zero-order valence-electron chi connectivity index (χ0n) is 20.2.